The Morgan fingerprint density at radius 3 is 2.75 bits per heavy atom. The normalized spacial score (nSPS) is 33.6. The molecule has 2 saturated heterocycles. The van der Waals surface area contributed by atoms with Gasteiger partial charge in [-0.25, -0.2) is 0 Å². The summed E-state index contributed by atoms with van der Waals surface area (Å²) < 4.78 is 7.66. The Labute approximate surface area is 104 Å². The first-order valence-corrected chi connectivity index (χ1v) is 8.13. The molecule has 0 unspecified atom stereocenters. The second kappa shape index (κ2) is 4.91. The molecule has 0 saturated carbocycles. The molecule has 0 N–H and O–H groups in total. The third kappa shape index (κ3) is 2.34. The molecule has 0 amide bonds. The van der Waals surface area contributed by atoms with Crippen LogP contribution in [0.4, 0.5) is 0 Å². The minimum atomic E-state index is 0.577. The second-order valence-corrected chi connectivity index (χ2v) is 7.53. The quantitative estimate of drug-likeness (QED) is 0.757. The molecular formula is C14H18OSe. The van der Waals surface area contributed by atoms with Gasteiger partial charge in [-0.15, -0.1) is 0 Å². The first kappa shape index (κ1) is 10.8. The zero-order valence-corrected chi connectivity index (χ0v) is 11.2. The predicted octanol–water partition coefficient (Wildman–Crippen LogP) is 2.54. The molecule has 2 fully saturated rings. The fraction of sp³-hybridized carbons (Fsp3) is 0.571. The molecule has 0 spiro atoms. The molecule has 0 radical (unpaired) electrons. The van der Waals surface area contributed by atoms with Crippen molar-refractivity contribution in [2.75, 3.05) is 0 Å². The molecule has 86 valence electrons. The summed E-state index contributed by atoms with van der Waals surface area (Å²) in [6.45, 7) is 0. The van der Waals surface area contributed by atoms with Crippen molar-refractivity contribution in [1.82, 2.24) is 0 Å². The SMILES string of the molecule is c1ccc([Se][C@H]2CCC[C@H]3CC[C@@H]2O3)cc1. The van der Waals surface area contributed by atoms with E-state index in [1.807, 2.05) is 0 Å². The number of fused-ring (bicyclic) bond motifs is 2. The fourth-order valence-corrected chi connectivity index (χ4v) is 5.49. The zero-order valence-electron chi connectivity index (χ0n) is 9.47. The van der Waals surface area contributed by atoms with Crippen LogP contribution in [0.25, 0.3) is 0 Å². The zero-order chi connectivity index (χ0) is 10.8. The van der Waals surface area contributed by atoms with Crippen LogP contribution < -0.4 is 4.46 Å². The molecule has 1 aromatic rings. The molecule has 2 heteroatoms. The molecule has 2 aliphatic rings. The first-order chi connectivity index (χ1) is 7.92. The maximum absolute atomic E-state index is 6.12. The van der Waals surface area contributed by atoms with Crippen molar-refractivity contribution < 1.29 is 4.74 Å². The molecule has 1 aromatic carbocycles. The van der Waals surface area contributed by atoms with Gasteiger partial charge in [0, 0.05) is 0 Å². The third-order valence-corrected chi connectivity index (χ3v) is 6.51. The van der Waals surface area contributed by atoms with Gasteiger partial charge in [-0.1, -0.05) is 0 Å². The van der Waals surface area contributed by atoms with Gasteiger partial charge in [0.15, 0.2) is 0 Å². The van der Waals surface area contributed by atoms with Crippen molar-refractivity contribution in [1.29, 1.82) is 0 Å². The Morgan fingerprint density at radius 1 is 1.00 bits per heavy atom. The van der Waals surface area contributed by atoms with Crippen molar-refractivity contribution in [3.05, 3.63) is 30.3 Å². The molecule has 2 heterocycles. The number of hydrogen-bond donors (Lipinski definition) is 0. The maximum atomic E-state index is 6.12. The van der Waals surface area contributed by atoms with Crippen LogP contribution in [0.5, 0.6) is 0 Å². The van der Waals surface area contributed by atoms with Gasteiger partial charge in [-0.05, 0) is 0 Å². The van der Waals surface area contributed by atoms with Gasteiger partial charge in [0.05, 0.1) is 0 Å². The van der Waals surface area contributed by atoms with Gasteiger partial charge in [0.25, 0.3) is 0 Å². The summed E-state index contributed by atoms with van der Waals surface area (Å²) >= 11 is 0.602. The average molecular weight is 281 g/mol. The second-order valence-electron chi connectivity index (χ2n) is 4.77. The average Bonchev–Trinajstić information content (AvgIpc) is 2.68. The van der Waals surface area contributed by atoms with E-state index in [1.165, 1.54) is 36.6 Å². The summed E-state index contributed by atoms with van der Waals surface area (Å²) in [4.78, 5) is 0.822. The summed E-state index contributed by atoms with van der Waals surface area (Å²) in [5.41, 5.74) is 0. The Kier molecular flexibility index (Phi) is 3.32. The minimum absolute atomic E-state index is 0.577. The van der Waals surface area contributed by atoms with Gasteiger partial charge < -0.3 is 0 Å². The Morgan fingerprint density at radius 2 is 1.88 bits per heavy atom. The van der Waals surface area contributed by atoms with Crippen LogP contribution in [0, 0.1) is 0 Å². The number of ether oxygens (including phenoxy) is 1. The van der Waals surface area contributed by atoms with Gasteiger partial charge in [-0.3, -0.25) is 0 Å². The van der Waals surface area contributed by atoms with Crippen LogP contribution in [0.1, 0.15) is 32.1 Å². The Balaban J connectivity index is 1.69. The van der Waals surface area contributed by atoms with E-state index < -0.39 is 0 Å². The third-order valence-electron chi connectivity index (χ3n) is 3.60. The number of rotatable bonds is 2. The van der Waals surface area contributed by atoms with Crippen LogP contribution in [0.15, 0.2) is 30.3 Å². The molecule has 2 bridgehead atoms. The van der Waals surface area contributed by atoms with E-state index in [0.717, 1.165) is 4.82 Å². The summed E-state index contributed by atoms with van der Waals surface area (Å²) in [6, 6.07) is 11.0. The van der Waals surface area contributed by atoms with Crippen molar-refractivity contribution in [3.63, 3.8) is 0 Å². The van der Waals surface area contributed by atoms with Crippen LogP contribution in [0.3, 0.4) is 0 Å². The van der Waals surface area contributed by atoms with E-state index in [2.05, 4.69) is 30.3 Å². The molecule has 3 atom stereocenters. The van der Waals surface area contributed by atoms with E-state index in [4.69, 9.17) is 4.74 Å². The molecule has 0 aromatic heterocycles. The van der Waals surface area contributed by atoms with Crippen molar-refractivity contribution in [2.45, 2.75) is 49.1 Å². The van der Waals surface area contributed by atoms with Crippen molar-refractivity contribution in [3.8, 4) is 0 Å². The van der Waals surface area contributed by atoms with Crippen molar-refractivity contribution >= 4 is 19.4 Å². The Hall–Kier alpha value is -0.301. The predicted molar refractivity (Wildman–Crippen MR) is 67.3 cm³/mol. The first-order valence-electron chi connectivity index (χ1n) is 6.29. The topological polar surface area (TPSA) is 9.23 Å². The molecule has 1 nitrogen and oxygen atoms in total. The Bertz CT molecular complexity index is 338. The van der Waals surface area contributed by atoms with Crippen LogP contribution in [-0.2, 0) is 4.74 Å². The summed E-state index contributed by atoms with van der Waals surface area (Å²) in [5, 5.41) is 0. The summed E-state index contributed by atoms with van der Waals surface area (Å²) in [6.07, 6.45) is 7.86. The van der Waals surface area contributed by atoms with E-state index in [0.29, 0.717) is 27.2 Å². The van der Waals surface area contributed by atoms with Crippen LogP contribution in [0.2, 0.25) is 4.82 Å². The summed E-state index contributed by atoms with van der Waals surface area (Å²) in [5.74, 6) is 0. The number of benzene rings is 1. The monoisotopic (exact) mass is 282 g/mol. The number of hydrogen-bond acceptors (Lipinski definition) is 1. The molecular weight excluding hydrogens is 263 g/mol. The van der Waals surface area contributed by atoms with Crippen LogP contribution >= 0.6 is 0 Å². The summed E-state index contributed by atoms with van der Waals surface area (Å²) in [7, 11) is 0. The van der Waals surface area contributed by atoms with Gasteiger partial charge in [-0.2, -0.15) is 0 Å². The molecule has 3 rings (SSSR count). The molecule has 2 aliphatic heterocycles. The van der Waals surface area contributed by atoms with E-state index >= 15 is 0 Å². The van der Waals surface area contributed by atoms with E-state index in [-0.39, 0.29) is 0 Å². The molecule has 0 aliphatic carbocycles. The van der Waals surface area contributed by atoms with E-state index in [9.17, 15) is 0 Å². The molecule has 16 heavy (non-hydrogen) atoms. The van der Waals surface area contributed by atoms with Gasteiger partial charge in [0.2, 0.25) is 0 Å². The van der Waals surface area contributed by atoms with Crippen molar-refractivity contribution in [2.24, 2.45) is 0 Å². The van der Waals surface area contributed by atoms with Gasteiger partial charge >= 0.3 is 104 Å². The van der Waals surface area contributed by atoms with Gasteiger partial charge in [0.1, 0.15) is 0 Å². The standard InChI is InChI=1S/C14H18OSe/c1-2-6-12(7-3-1)16-14-8-4-5-11-9-10-13(14)15-11/h1-3,6-7,11,13-14H,4-5,8-10H2/t11-,13-,14-/m0/s1. The fourth-order valence-electron chi connectivity index (χ4n) is 2.76. The van der Waals surface area contributed by atoms with E-state index in [1.54, 1.807) is 0 Å². The van der Waals surface area contributed by atoms with Crippen LogP contribution in [-0.4, -0.2) is 27.2 Å².